The number of rotatable bonds is 3. The van der Waals surface area contributed by atoms with Crippen LogP contribution in [-0.4, -0.2) is 66.6 Å². The fourth-order valence-electron chi connectivity index (χ4n) is 1.67. The molecule has 0 aromatic heterocycles. The lowest BCUT2D eigenvalue weighted by atomic mass is 10.4. The second-order valence-electron chi connectivity index (χ2n) is 3.52. The van der Waals surface area contributed by atoms with E-state index in [0.29, 0.717) is 33.0 Å². The van der Waals surface area contributed by atoms with Crippen LogP contribution < -0.4 is 5.73 Å². The van der Waals surface area contributed by atoms with Gasteiger partial charge < -0.3 is 23.4 Å². The number of hydrogen-bond acceptors (Lipinski definition) is 6. The predicted molar refractivity (Wildman–Crippen MR) is 55.1 cm³/mol. The molecule has 0 amide bonds. The standard InChI is InChI=1S/C8H18N2O4Si/c9-1-5-11-15-12-6-2-10(3-7-13-15)4-8-14-15/h1-9H2. The van der Waals surface area contributed by atoms with Gasteiger partial charge in [0.1, 0.15) is 0 Å². The number of nitrogens with two attached hydrogens (primary N) is 1. The minimum absolute atomic E-state index is 0.427. The van der Waals surface area contributed by atoms with E-state index >= 15 is 0 Å². The smallest absolute Gasteiger partial charge is 0.350 e. The summed E-state index contributed by atoms with van der Waals surface area (Å²) >= 11 is 0. The van der Waals surface area contributed by atoms with Gasteiger partial charge in [-0.25, -0.2) is 0 Å². The van der Waals surface area contributed by atoms with Gasteiger partial charge in [-0.2, -0.15) is 0 Å². The molecular weight excluding hydrogens is 216 g/mol. The largest absolute Gasteiger partial charge is 0.679 e. The van der Waals surface area contributed by atoms with Gasteiger partial charge in [-0.3, -0.25) is 4.90 Å². The summed E-state index contributed by atoms with van der Waals surface area (Å²) in [7, 11) is -2.85. The summed E-state index contributed by atoms with van der Waals surface area (Å²) in [4.78, 5) is 2.26. The molecule has 7 heteroatoms. The van der Waals surface area contributed by atoms with Crippen molar-refractivity contribution in [3.63, 3.8) is 0 Å². The average molecular weight is 234 g/mol. The van der Waals surface area contributed by atoms with E-state index in [-0.39, 0.29) is 0 Å². The molecule has 3 saturated heterocycles. The van der Waals surface area contributed by atoms with Gasteiger partial charge in [-0.15, -0.1) is 0 Å². The van der Waals surface area contributed by atoms with Crippen LogP contribution in [0.5, 0.6) is 0 Å². The lowest BCUT2D eigenvalue weighted by Crippen LogP contribution is -2.57. The number of nitrogens with zero attached hydrogens (tertiary/aromatic N) is 1. The molecule has 0 atom stereocenters. The maximum atomic E-state index is 5.62. The van der Waals surface area contributed by atoms with Crippen LogP contribution in [0.2, 0.25) is 0 Å². The molecule has 0 aliphatic carbocycles. The third-order valence-corrected chi connectivity index (χ3v) is 4.69. The van der Waals surface area contributed by atoms with Gasteiger partial charge in [-0.1, -0.05) is 0 Å². The van der Waals surface area contributed by atoms with Crippen LogP contribution in [0.3, 0.4) is 0 Å². The van der Waals surface area contributed by atoms with Crippen LogP contribution in [0.4, 0.5) is 0 Å². The molecule has 3 rings (SSSR count). The molecule has 0 spiro atoms. The predicted octanol–water partition coefficient (Wildman–Crippen LogP) is -1.22. The SMILES string of the molecule is NCCO[Si]12OCCN(CCO1)CCO2. The third-order valence-electron chi connectivity index (χ3n) is 2.46. The van der Waals surface area contributed by atoms with Gasteiger partial charge in [-0.05, 0) is 0 Å². The van der Waals surface area contributed by atoms with Crippen molar-refractivity contribution in [2.24, 2.45) is 5.73 Å². The summed E-state index contributed by atoms with van der Waals surface area (Å²) in [6.45, 7) is 5.48. The van der Waals surface area contributed by atoms with Crippen molar-refractivity contribution in [2.45, 2.75) is 0 Å². The summed E-state index contributed by atoms with van der Waals surface area (Å²) in [5, 5.41) is 0. The Labute approximate surface area is 90.7 Å². The van der Waals surface area contributed by atoms with Crippen molar-refractivity contribution in [1.82, 2.24) is 4.90 Å². The van der Waals surface area contributed by atoms with Crippen molar-refractivity contribution >= 4 is 9.05 Å². The van der Waals surface area contributed by atoms with Crippen molar-refractivity contribution < 1.29 is 17.7 Å². The first-order valence-electron chi connectivity index (χ1n) is 5.33. The van der Waals surface area contributed by atoms with Crippen LogP contribution in [0, 0.1) is 0 Å². The van der Waals surface area contributed by atoms with Crippen LogP contribution >= 0.6 is 0 Å². The van der Waals surface area contributed by atoms with E-state index in [1.54, 1.807) is 0 Å². The Morgan fingerprint density at radius 1 is 1.07 bits per heavy atom. The zero-order chi connectivity index (χ0) is 10.6. The molecule has 3 aliphatic heterocycles. The Morgan fingerprint density at radius 3 is 2.07 bits per heavy atom. The first-order chi connectivity index (χ1) is 7.35. The lowest BCUT2D eigenvalue weighted by Gasteiger charge is -2.36. The molecule has 0 radical (unpaired) electrons. The Hall–Kier alpha value is -0.0231. The second kappa shape index (κ2) is 5.35. The molecule has 3 fully saturated rings. The van der Waals surface area contributed by atoms with Crippen LogP contribution in [0.25, 0.3) is 0 Å². The fourth-order valence-corrected chi connectivity index (χ4v) is 3.56. The maximum absolute atomic E-state index is 5.62. The van der Waals surface area contributed by atoms with Gasteiger partial charge >= 0.3 is 9.05 Å². The summed E-state index contributed by atoms with van der Waals surface area (Å²) in [5.74, 6) is 0. The van der Waals surface area contributed by atoms with E-state index in [1.165, 1.54) is 0 Å². The highest BCUT2D eigenvalue weighted by Crippen LogP contribution is 2.16. The normalized spacial score (nSPS) is 37.0. The lowest BCUT2D eigenvalue weighted by molar-refractivity contribution is -0.0734. The van der Waals surface area contributed by atoms with Gasteiger partial charge in [0, 0.05) is 26.2 Å². The zero-order valence-electron chi connectivity index (χ0n) is 8.81. The monoisotopic (exact) mass is 234 g/mol. The minimum Gasteiger partial charge on any atom is -0.350 e. The van der Waals surface area contributed by atoms with Crippen molar-refractivity contribution in [2.75, 3.05) is 52.6 Å². The maximum Gasteiger partial charge on any atom is 0.679 e. The highest BCUT2D eigenvalue weighted by atomic mass is 28.4. The molecule has 2 bridgehead atoms. The van der Waals surface area contributed by atoms with Crippen molar-refractivity contribution in [1.29, 1.82) is 0 Å². The second-order valence-corrected chi connectivity index (χ2v) is 5.68. The fraction of sp³-hybridized carbons (Fsp3) is 1.00. The average Bonchev–Trinajstić information content (AvgIpc) is 2.14. The third kappa shape index (κ3) is 2.97. The number of hydrogen-bond donors (Lipinski definition) is 1. The first kappa shape index (κ1) is 11.5. The van der Waals surface area contributed by atoms with E-state index in [4.69, 9.17) is 23.4 Å². The molecule has 3 heterocycles. The highest BCUT2D eigenvalue weighted by molar-refractivity contribution is 6.53. The minimum atomic E-state index is -2.85. The molecule has 0 aromatic carbocycles. The van der Waals surface area contributed by atoms with Crippen LogP contribution in [0.1, 0.15) is 0 Å². The molecule has 3 aliphatic rings. The van der Waals surface area contributed by atoms with Crippen LogP contribution in [-0.2, 0) is 17.7 Å². The summed E-state index contributed by atoms with van der Waals surface area (Å²) in [6.07, 6.45) is 0. The molecule has 0 unspecified atom stereocenters. The Bertz CT molecular complexity index is 175. The van der Waals surface area contributed by atoms with Crippen LogP contribution in [0.15, 0.2) is 0 Å². The summed E-state index contributed by atoms with van der Waals surface area (Å²) in [6, 6.07) is 0. The highest BCUT2D eigenvalue weighted by Gasteiger charge is 2.47. The van der Waals surface area contributed by atoms with E-state index in [0.717, 1.165) is 19.6 Å². The van der Waals surface area contributed by atoms with Gasteiger partial charge in [0.2, 0.25) is 0 Å². The molecular formula is C8H18N2O4Si. The van der Waals surface area contributed by atoms with Gasteiger partial charge in [0.15, 0.2) is 0 Å². The first-order valence-corrected chi connectivity index (χ1v) is 6.96. The molecule has 6 nitrogen and oxygen atoms in total. The Morgan fingerprint density at radius 2 is 1.60 bits per heavy atom. The quantitative estimate of drug-likeness (QED) is 0.617. The molecule has 15 heavy (non-hydrogen) atoms. The zero-order valence-corrected chi connectivity index (χ0v) is 9.81. The molecule has 88 valence electrons. The molecule has 0 aromatic rings. The topological polar surface area (TPSA) is 66.2 Å². The summed E-state index contributed by atoms with van der Waals surface area (Å²) < 4.78 is 22.4. The van der Waals surface area contributed by atoms with E-state index < -0.39 is 9.05 Å². The Balaban J connectivity index is 1.98. The van der Waals surface area contributed by atoms with Gasteiger partial charge in [0.25, 0.3) is 0 Å². The van der Waals surface area contributed by atoms with E-state index in [9.17, 15) is 0 Å². The van der Waals surface area contributed by atoms with Gasteiger partial charge in [0.05, 0.1) is 26.4 Å². The summed E-state index contributed by atoms with van der Waals surface area (Å²) in [5.41, 5.74) is 5.40. The van der Waals surface area contributed by atoms with E-state index in [1.807, 2.05) is 0 Å². The Kier molecular flexibility index (Phi) is 4.09. The van der Waals surface area contributed by atoms with Crippen molar-refractivity contribution in [3.8, 4) is 0 Å². The molecule has 2 N–H and O–H groups in total. The molecule has 0 saturated carbocycles. The van der Waals surface area contributed by atoms with E-state index in [2.05, 4.69) is 4.90 Å². The number of fused-ring (bicyclic) bond motifs is 6. The van der Waals surface area contributed by atoms with Crippen molar-refractivity contribution in [3.05, 3.63) is 0 Å².